The van der Waals surface area contributed by atoms with Crippen molar-refractivity contribution in [1.82, 2.24) is 14.8 Å². The second-order valence-corrected chi connectivity index (χ2v) is 8.51. The van der Waals surface area contributed by atoms with E-state index in [1.165, 1.54) is 40.9 Å². The smallest absolute Gasteiger partial charge is 0.234 e. The quantitative estimate of drug-likeness (QED) is 0.388. The van der Waals surface area contributed by atoms with Gasteiger partial charge in [-0.3, -0.25) is 9.36 Å². The van der Waals surface area contributed by atoms with E-state index in [0.29, 0.717) is 17.3 Å². The molecule has 0 unspecified atom stereocenters. The molecule has 0 spiro atoms. The summed E-state index contributed by atoms with van der Waals surface area (Å²) in [6.45, 7) is 0. The number of nitrogens with zero attached hydrogens (tertiary/aromatic N) is 3. The summed E-state index contributed by atoms with van der Waals surface area (Å²) >= 11 is 2.95. The van der Waals surface area contributed by atoms with Gasteiger partial charge < -0.3 is 10.1 Å². The topological polar surface area (TPSA) is 69.0 Å². The molecular weight excluding hydrogens is 435 g/mol. The SMILES string of the molecule is COc1ccc(-n2c(Cc3cccs3)nnc2SCC(=O)Nc2ccc(F)cc2)cc1. The van der Waals surface area contributed by atoms with Crippen molar-refractivity contribution < 1.29 is 13.9 Å². The first-order chi connectivity index (χ1) is 15.1. The van der Waals surface area contributed by atoms with E-state index in [1.54, 1.807) is 18.4 Å². The summed E-state index contributed by atoms with van der Waals surface area (Å²) in [5, 5.41) is 14.1. The fraction of sp³-hybridized carbons (Fsp3) is 0.136. The zero-order chi connectivity index (χ0) is 21.6. The van der Waals surface area contributed by atoms with Crippen LogP contribution in [0.3, 0.4) is 0 Å². The standard InChI is InChI=1S/C22H19FN4O2S2/c1-29-18-10-8-17(9-11-18)27-20(13-19-3-2-12-30-19)25-26-22(27)31-14-21(28)24-16-6-4-15(23)5-7-16/h2-12H,13-14H2,1H3,(H,24,28). The van der Waals surface area contributed by atoms with Crippen molar-refractivity contribution in [3.05, 3.63) is 82.6 Å². The Hall–Kier alpha value is -3.17. The number of amides is 1. The molecule has 0 bridgehead atoms. The van der Waals surface area contributed by atoms with E-state index in [0.717, 1.165) is 17.3 Å². The van der Waals surface area contributed by atoms with Gasteiger partial charge >= 0.3 is 0 Å². The summed E-state index contributed by atoms with van der Waals surface area (Å²) in [5.74, 6) is 1.13. The monoisotopic (exact) mass is 454 g/mol. The number of carbonyl (C=O) groups excluding carboxylic acids is 1. The molecule has 0 aliphatic heterocycles. The fourth-order valence-corrected chi connectivity index (χ4v) is 4.40. The molecule has 158 valence electrons. The van der Waals surface area contributed by atoms with Crippen LogP contribution in [0.25, 0.3) is 5.69 Å². The minimum atomic E-state index is -0.349. The van der Waals surface area contributed by atoms with Gasteiger partial charge in [-0.05, 0) is 60.0 Å². The maximum atomic E-state index is 13.0. The van der Waals surface area contributed by atoms with Gasteiger partial charge in [0.15, 0.2) is 5.16 Å². The molecule has 0 fully saturated rings. The molecule has 2 aromatic carbocycles. The van der Waals surface area contributed by atoms with Gasteiger partial charge in [0.05, 0.1) is 12.9 Å². The van der Waals surface area contributed by atoms with E-state index in [4.69, 9.17) is 4.74 Å². The van der Waals surface area contributed by atoms with Gasteiger partial charge in [0.2, 0.25) is 5.91 Å². The largest absolute Gasteiger partial charge is 0.497 e. The van der Waals surface area contributed by atoms with Crippen molar-refractivity contribution >= 4 is 34.7 Å². The number of benzene rings is 2. The minimum absolute atomic E-state index is 0.144. The van der Waals surface area contributed by atoms with Gasteiger partial charge in [-0.2, -0.15) is 0 Å². The van der Waals surface area contributed by atoms with E-state index >= 15 is 0 Å². The van der Waals surface area contributed by atoms with Crippen LogP contribution in [-0.4, -0.2) is 33.5 Å². The van der Waals surface area contributed by atoms with Crippen LogP contribution in [0.1, 0.15) is 10.7 Å². The highest BCUT2D eigenvalue weighted by Crippen LogP contribution is 2.26. The van der Waals surface area contributed by atoms with Gasteiger partial charge in [0.25, 0.3) is 0 Å². The van der Waals surface area contributed by atoms with Crippen molar-refractivity contribution in [2.24, 2.45) is 0 Å². The molecule has 0 radical (unpaired) electrons. The molecule has 2 heterocycles. The van der Waals surface area contributed by atoms with E-state index < -0.39 is 0 Å². The van der Waals surface area contributed by atoms with Crippen molar-refractivity contribution in [2.75, 3.05) is 18.2 Å². The van der Waals surface area contributed by atoms with Crippen molar-refractivity contribution in [2.45, 2.75) is 11.6 Å². The Labute approximate surface area is 187 Å². The molecule has 9 heteroatoms. The number of thiophene rings is 1. The molecule has 0 atom stereocenters. The lowest BCUT2D eigenvalue weighted by Gasteiger charge is -2.11. The summed E-state index contributed by atoms with van der Waals surface area (Å²) in [6.07, 6.45) is 0.638. The van der Waals surface area contributed by atoms with E-state index in [2.05, 4.69) is 21.6 Å². The Balaban J connectivity index is 1.53. The third kappa shape index (κ3) is 5.31. The second-order valence-electron chi connectivity index (χ2n) is 6.53. The molecule has 1 amide bonds. The first-order valence-corrected chi connectivity index (χ1v) is 11.3. The zero-order valence-electron chi connectivity index (χ0n) is 16.6. The lowest BCUT2D eigenvalue weighted by Crippen LogP contribution is -2.14. The van der Waals surface area contributed by atoms with Crippen molar-refractivity contribution in [1.29, 1.82) is 0 Å². The number of hydrogen-bond acceptors (Lipinski definition) is 6. The average Bonchev–Trinajstić information content (AvgIpc) is 3.44. The number of halogens is 1. The minimum Gasteiger partial charge on any atom is -0.497 e. The fourth-order valence-electron chi connectivity index (χ4n) is 2.93. The predicted molar refractivity (Wildman–Crippen MR) is 121 cm³/mol. The summed E-state index contributed by atoms with van der Waals surface area (Å²) < 4.78 is 20.3. The highest BCUT2D eigenvalue weighted by molar-refractivity contribution is 7.99. The molecule has 4 aromatic rings. The number of rotatable bonds is 8. The highest BCUT2D eigenvalue weighted by Gasteiger charge is 2.17. The zero-order valence-corrected chi connectivity index (χ0v) is 18.3. The molecule has 1 N–H and O–H groups in total. The molecule has 0 saturated carbocycles. The first-order valence-electron chi connectivity index (χ1n) is 9.41. The van der Waals surface area contributed by atoms with Gasteiger partial charge in [0.1, 0.15) is 17.4 Å². The molecular formula is C22H19FN4O2S2. The number of aromatic nitrogens is 3. The number of nitrogens with one attached hydrogen (secondary N) is 1. The molecule has 31 heavy (non-hydrogen) atoms. The Bertz CT molecular complexity index is 1140. The highest BCUT2D eigenvalue weighted by atomic mass is 32.2. The van der Waals surface area contributed by atoms with E-state index in [1.807, 2.05) is 40.3 Å². The summed E-state index contributed by atoms with van der Waals surface area (Å²) in [6, 6.07) is 17.3. The van der Waals surface area contributed by atoms with Crippen LogP contribution in [-0.2, 0) is 11.2 Å². The van der Waals surface area contributed by atoms with Gasteiger partial charge in [0, 0.05) is 22.7 Å². The number of methoxy groups -OCH3 is 1. The third-order valence-corrected chi connectivity index (χ3v) is 6.21. The lowest BCUT2D eigenvalue weighted by molar-refractivity contribution is -0.113. The van der Waals surface area contributed by atoms with Crippen molar-refractivity contribution in [3.63, 3.8) is 0 Å². The molecule has 2 aromatic heterocycles. The maximum absolute atomic E-state index is 13.0. The predicted octanol–water partition coefficient (Wildman–Crippen LogP) is 4.80. The second kappa shape index (κ2) is 9.76. The molecule has 4 rings (SSSR count). The molecule has 0 aliphatic rings. The Morgan fingerprint density at radius 1 is 1.13 bits per heavy atom. The molecule has 0 saturated heterocycles. The Morgan fingerprint density at radius 3 is 2.58 bits per heavy atom. The number of thioether (sulfide) groups is 1. The first kappa shape index (κ1) is 21.1. The van der Waals surface area contributed by atoms with Crippen LogP contribution in [0.15, 0.2) is 71.2 Å². The van der Waals surface area contributed by atoms with Gasteiger partial charge in [-0.25, -0.2) is 4.39 Å². The van der Waals surface area contributed by atoms with Gasteiger partial charge in [-0.15, -0.1) is 21.5 Å². The maximum Gasteiger partial charge on any atom is 0.234 e. The van der Waals surface area contributed by atoms with Crippen LogP contribution >= 0.6 is 23.1 Å². The molecule has 6 nitrogen and oxygen atoms in total. The number of carbonyl (C=O) groups is 1. The average molecular weight is 455 g/mol. The van der Waals surface area contributed by atoms with Crippen LogP contribution in [0.4, 0.5) is 10.1 Å². The van der Waals surface area contributed by atoms with Gasteiger partial charge in [-0.1, -0.05) is 17.8 Å². The van der Waals surface area contributed by atoms with E-state index in [-0.39, 0.29) is 17.5 Å². The summed E-state index contributed by atoms with van der Waals surface area (Å²) in [4.78, 5) is 13.5. The molecule has 0 aliphatic carbocycles. The van der Waals surface area contributed by atoms with E-state index in [9.17, 15) is 9.18 Å². The Kier molecular flexibility index (Phi) is 6.63. The normalized spacial score (nSPS) is 10.8. The third-order valence-electron chi connectivity index (χ3n) is 4.40. The number of hydrogen-bond donors (Lipinski definition) is 1. The number of ether oxygens (including phenoxy) is 1. The van der Waals surface area contributed by atoms with Crippen molar-refractivity contribution in [3.8, 4) is 11.4 Å². The van der Waals surface area contributed by atoms with Crippen LogP contribution in [0.5, 0.6) is 5.75 Å². The van der Waals surface area contributed by atoms with Crippen LogP contribution in [0.2, 0.25) is 0 Å². The van der Waals surface area contributed by atoms with Crippen LogP contribution < -0.4 is 10.1 Å². The summed E-state index contributed by atoms with van der Waals surface area (Å²) in [5.41, 5.74) is 1.43. The van der Waals surface area contributed by atoms with Crippen LogP contribution in [0, 0.1) is 5.82 Å². The lowest BCUT2D eigenvalue weighted by atomic mass is 10.2. The number of anilines is 1. The summed E-state index contributed by atoms with van der Waals surface area (Å²) in [7, 11) is 1.62. The Morgan fingerprint density at radius 2 is 1.90 bits per heavy atom.